The summed E-state index contributed by atoms with van der Waals surface area (Å²) >= 11 is 0. The van der Waals surface area contributed by atoms with Gasteiger partial charge in [-0.1, -0.05) is 36.8 Å². The van der Waals surface area contributed by atoms with Crippen LogP contribution in [0.1, 0.15) is 49.7 Å². The quantitative estimate of drug-likeness (QED) is 0.435. The van der Waals surface area contributed by atoms with Crippen molar-refractivity contribution in [3.05, 3.63) is 65.7 Å². The molecule has 1 saturated carbocycles. The van der Waals surface area contributed by atoms with Crippen molar-refractivity contribution in [3.8, 4) is 17.9 Å². The average molecular weight is 501 g/mol. The molecule has 2 aromatic rings. The lowest BCUT2D eigenvalue weighted by Crippen LogP contribution is -2.49. The standard InChI is InChI=1S/C30H36N4O3/c31-20-23-10-12-27(13-11-23)37-19-5-16-34-17-14-26(15-18-34)30(22-32,25-7-2-1-3-8-25)28-9-4-6-24(28)21-33-29(35)36/h1-3,7-8,10-13,24,26,28,33H,4-6,9,14-19,21H2,(H,35,36). The van der Waals surface area contributed by atoms with E-state index in [1.807, 2.05) is 30.3 Å². The average Bonchev–Trinajstić information content (AvgIpc) is 3.41. The number of carbonyl (C=O) groups is 1. The van der Waals surface area contributed by atoms with Crippen LogP contribution in [0.3, 0.4) is 0 Å². The summed E-state index contributed by atoms with van der Waals surface area (Å²) in [7, 11) is 0. The second-order valence-corrected chi connectivity index (χ2v) is 10.3. The van der Waals surface area contributed by atoms with Crippen molar-refractivity contribution in [2.75, 3.05) is 32.8 Å². The minimum atomic E-state index is -0.996. The van der Waals surface area contributed by atoms with Crippen LogP contribution in [-0.2, 0) is 5.41 Å². The first-order valence-electron chi connectivity index (χ1n) is 13.4. The van der Waals surface area contributed by atoms with Crippen molar-refractivity contribution in [3.63, 3.8) is 0 Å². The third-order valence-corrected chi connectivity index (χ3v) is 8.30. The number of nitrogens with zero attached hydrogens (tertiary/aromatic N) is 3. The molecule has 1 aliphatic heterocycles. The first kappa shape index (κ1) is 26.5. The zero-order chi connectivity index (χ0) is 26.1. The number of ether oxygens (including phenoxy) is 1. The molecule has 3 unspecified atom stereocenters. The van der Waals surface area contributed by atoms with Crippen molar-refractivity contribution in [1.29, 1.82) is 10.5 Å². The maximum absolute atomic E-state index is 11.2. The Labute approximate surface area is 219 Å². The molecule has 2 fully saturated rings. The molecule has 1 saturated heterocycles. The SMILES string of the molecule is N#Cc1ccc(OCCCN2CCC(C(C#N)(c3ccccc3)C3CCCC3CNC(=O)O)CC2)cc1. The smallest absolute Gasteiger partial charge is 0.404 e. The van der Waals surface area contributed by atoms with E-state index >= 15 is 0 Å². The minimum Gasteiger partial charge on any atom is -0.494 e. The van der Waals surface area contributed by atoms with Gasteiger partial charge in [0.15, 0.2) is 0 Å². The number of hydrogen-bond donors (Lipinski definition) is 2. The highest BCUT2D eigenvalue weighted by atomic mass is 16.5. The van der Waals surface area contributed by atoms with E-state index in [0.717, 1.165) is 69.5 Å². The first-order valence-corrected chi connectivity index (χ1v) is 13.4. The molecule has 0 spiro atoms. The Morgan fingerprint density at radius 3 is 2.43 bits per heavy atom. The van der Waals surface area contributed by atoms with Gasteiger partial charge in [0.1, 0.15) is 5.75 Å². The van der Waals surface area contributed by atoms with Gasteiger partial charge in [0.2, 0.25) is 0 Å². The summed E-state index contributed by atoms with van der Waals surface area (Å²) < 4.78 is 5.84. The van der Waals surface area contributed by atoms with E-state index in [1.54, 1.807) is 12.1 Å². The van der Waals surface area contributed by atoms with Gasteiger partial charge < -0.3 is 20.1 Å². The van der Waals surface area contributed by atoms with Gasteiger partial charge >= 0.3 is 6.09 Å². The van der Waals surface area contributed by atoms with E-state index in [-0.39, 0.29) is 17.8 Å². The van der Waals surface area contributed by atoms with Crippen LogP contribution in [-0.4, -0.2) is 48.9 Å². The van der Waals surface area contributed by atoms with Crippen LogP contribution < -0.4 is 10.1 Å². The zero-order valence-electron chi connectivity index (χ0n) is 21.3. The van der Waals surface area contributed by atoms with E-state index in [1.165, 1.54) is 0 Å². The molecule has 0 aromatic heterocycles. The molecule has 7 nitrogen and oxygen atoms in total. The summed E-state index contributed by atoms with van der Waals surface area (Å²) in [6.07, 6.45) is 4.77. The number of amides is 1. The maximum atomic E-state index is 11.2. The van der Waals surface area contributed by atoms with Gasteiger partial charge in [-0.25, -0.2) is 4.79 Å². The van der Waals surface area contributed by atoms with Crippen LogP contribution in [0.15, 0.2) is 54.6 Å². The van der Waals surface area contributed by atoms with E-state index in [9.17, 15) is 15.2 Å². The van der Waals surface area contributed by atoms with Crippen LogP contribution in [0.25, 0.3) is 0 Å². The van der Waals surface area contributed by atoms with Crippen molar-refractivity contribution in [1.82, 2.24) is 10.2 Å². The number of rotatable bonds is 10. The molecule has 2 N–H and O–H groups in total. The lowest BCUT2D eigenvalue weighted by molar-refractivity contribution is 0.0992. The van der Waals surface area contributed by atoms with Crippen LogP contribution in [0.2, 0.25) is 0 Å². The van der Waals surface area contributed by atoms with Gasteiger partial charge in [0.25, 0.3) is 0 Å². The zero-order valence-corrected chi connectivity index (χ0v) is 21.3. The molecule has 1 aliphatic carbocycles. The summed E-state index contributed by atoms with van der Waals surface area (Å²) in [5, 5.41) is 31.5. The second-order valence-electron chi connectivity index (χ2n) is 10.3. The Bertz CT molecular complexity index is 1100. The predicted molar refractivity (Wildman–Crippen MR) is 141 cm³/mol. The van der Waals surface area contributed by atoms with Crippen LogP contribution >= 0.6 is 0 Å². The topological polar surface area (TPSA) is 109 Å². The fourth-order valence-corrected chi connectivity index (χ4v) is 6.52. The Balaban J connectivity index is 1.38. The second kappa shape index (κ2) is 12.6. The van der Waals surface area contributed by atoms with Crippen molar-refractivity contribution < 1.29 is 14.6 Å². The number of hydrogen-bond acceptors (Lipinski definition) is 5. The predicted octanol–water partition coefficient (Wildman–Crippen LogP) is 5.18. The molecule has 2 aliphatic rings. The Hall–Kier alpha value is -3.55. The van der Waals surface area contributed by atoms with E-state index < -0.39 is 11.5 Å². The van der Waals surface area contributed by atoms with Gasteiger partial charge in [-0.05, 0) is 92.8 Å². The maximum Gasteiger partial charge on any atom is 0.404 e. The highest BCUT2D eigenvalue weighted by Crippen LogP contribution is 2.52. The molecule has 0 radical (unpaired) electrons. The number of nitrogens with one attached hydrogen (secondary N) is 1. The van der Waals surface area contributed by atoms with Gasteiger partial charge in [0.05, 0.1) is 29.7 Å². The normalized spacial score (nSPS) is 21.9. The van der Waals surface area contributed by atoms with E-state index in [2.05, 4.69) is 34.5 Å². The fourth-order valence-electron chi connectivity index (χ4n) is 6.52. The molecule has 7 heteroatoms. The Morgan fingerprint density at radius 1 is 1.05 bits per heavy atom. The largest absolute Gasteiger partial charge is 0.494 e. The summed E-state index contributed by atoms with van der Waals surface area (Å²) in [6.45, 7) is 3.88. The van der Waals surface area contributed by atoms with Crippen molar-refractivity contribution >= 4 is 6.09 Å². The molecular formula is C30H36N4O3. The summed E-state index contributed by atoms with van der Waals surface area (Å²) in [4.78, 5) is 13.7. The molecule has 0 bridgehead atoms. The monoisotopic (exact) mass is 500 g/mol. The number of piperidine rings is 1. The van der Waals surface area contributed by atoms with Gasteiger partial charge in [-0.2, -0.15) is 10.5 Å². The van der Waals surface area contributed by atoms with Gasteiger partial charge in [-0.15, -0.1) is 0 Å². The van der Waals surface area contributed by atoms with Crippen LogP contribution in [0, 0.1) is 40.4 Å². The number of likely N-dealkylation sites (tertiary alicyclic amines) is 1. The third kappa shape index (κ3) is 6.24. The summed E-state index contributed by atoms with van der Waals surface area (Å²) in [6, 6.07) is 22.3. The molecule has 1 amide bonds. The molecule has 1 heterocycles. The Kier molecular flexibility index (Phi) is 9.04. The Morgan fingerprint density at radius 2 is 1.78 bits per heavy atom. The van der Waals surface area contributed by atoms with E-state index in [4.69, 9.17) is 10.00 Å². The fraction of sp³-hybridized carbons (Fsp3) is 0.500. The number of carboxylic acid groups (broad SMARTS) is 1. The van der Waals surface area contributed by atoms with Gasteiger partial charge in [-0.3, -0.25) is 0 Å². The summed E-state index contributed by atoms with van der Waals surface area (Å²) in [5.41, 5.74) is 1.10. The molecule has 194 valence electrons. The lowest BCUT2D eigenvalue weighted by Gasteiger charge is -2.46. The van der Waals surface area contributed by atoms with E-state index in [0.29, 0.717) is 18.7 Å². The summed E-state index contributed by atoms with van der Waals surface area (Å²) in [5.74, 6) is 1.34. The lowest BCUT2D eigenvalue weighted by atomic mass is 9.58. The highest BCUT2D eigenvalue weighted by Gasteiger charge is 2.51. The molecular weight excluding hydrogens is 464 g/mol. The number of benzene rings is 2. The molecule has 2 aromatic carbocycles. The first-order chi connectivity index (χ1) is 18.1. The molecule has 4 rings (SSSR count). The van der Waals surface area contributed by atoms with Gasteiger partial charge in [0, 0.05) is 13.1 Å². The molecule has 37 heavy (non-hydrogen) atoms. The minimum absolute atomic E-state index is 0.143. The van der Waals surface area contributed by atoms with Crippen molar-refractivity contribution in [2.24, 2.45) is 17.8 Å². The van der Waals surface area contributed by atoms with Crippen LogP contribution in [0.4, 0.5) is 4.79 Å². The highest BCUT2D eigenvalue weighted by molar-refractivity contribution is 5.64. The molecule has 3 atom stereocenters. The third-order valence-electron chi connectivity index (χ3n) is 8.30. The van der Waals surface area contributed by atoms with Crippen molar-refractivity contribution in [2.45, 2.75) is 43.9 Å². The number of nitriles is 2. The van der Waals surface area contributed by atoms with Crippen LogP contribution in [0.5, 0.6) is 5.75 Å².